The fourth-order valence-corrected chi connectivity index (χ4v) is 9.56. The van der Waals surface area contributed by atoms with E-state index in [-0.39, 0.29) is 48.3 Å². The van der Waals surface area contributed by atoms with Crippen molar-refractivity contribution < 1.29 is 60.1 Å². The number of allylic oxidation sites excluding steroid dienone is 1. The molecule has 0 bridgehead atoms. The Balaban J connectivity index is 1.44. The topological polar surface area (TPSA) is 194 Å². The number of alkyl halides is 3. The van der Waals surface area contributed by atoms with E-state index in [9.17, 15) is 41.1 Å². The predicted molar refractivity (Wildman–Crippen MR) is 208 cm³/mol. The van der Waals surface area contributed by atoms with Crippen LogP contribution in [0, 0.1) is 17.8 Å². The quantitative estimate of drug-likeness (QED) is 0.282. The fraction of sp³-hybridized carbons (Fsp3) is 0.625. The Kier molecular flexibility index (Phi) is 11.6. The Morgan fingerprint density at radius 2 is 1.78 bits per heavy atom. The van der Waals surface area contributed by atoms with Crippen LogP contribution in [-0.4, -0.2) is 113 Å². The molecule has 6 rings (SSSR count). The number of nitrogens with zero attached hydrogens (tertiary/aromatic N) is 3. The maximum atomic E-state index is 15.0. The summed E-state index contributed by atoms with van der Waals surface area (Å²) in [6.07, 6.45) is -2.92. The van der Waals surface area contributed by atoms with Crippen LogP contribution in [0.2, 0.25) is 0 Å². The smallest absolute Gasteiger partial charge is 0.411 e. The van der Waals surface area contributed by atoms with Gasteiger partial charge in [0, 0.05) is 29.9 Å². The van der Waals surface area contributed by atoms with Crippen LogP contribution >= 0.6 is 0 Å². The molecule has 2 aliphatic heterocycles. The standard InChI is InChI=1S/C40H52F3N5O10S/c1-22-10-8-9-11-24-20-39(24,35(51)46-59(54,55)38(5)14-15-38)45-33(49)29-18-26(58-30-19-31(57-7)44-28-17-25(56-6)12-13-27(28)30)21-47(29)34(50)32(23(2)16-22)48(36(52)53)37(3,4)40(41,42)43/h9,11-13,17,19,22-24,26,29,32H,8,10,14-16,18,20-21H2,1-7H3,(H,45,49)(H,46,51)(H,52,53)/b11-9-/t22-,23-,24-,26-,29+,32+,39-/m1/s1. The summed E-state index contributed by atoms with van der Waals surface area (Å²) in [4.78, 5) is 62.2. The van der Waals surface area contributed by atoms with E-state index in [1.165, 1.54) is 34.1 Å². The number of aromatic nitrogens is 1. The molecule has 0 radical (unpaired) electrons. The van der Waals surface area contributed by atoms with E-state index in [1.54, 1.807) is 30.4 Å². The van der Waals surface area contributed by atoms with Crippen molar-refractivity contribution in [2.75, 3.05) is 20.8 Å². The molecular weight excluding hydrogens is 800 g/mol. The highest BCUT2D eigenvalue weighted by atomic mass is 32.2. The molecule has 3 fully saturated rings. The number of carbonyl (C=O) groups excluding carboxylic acids is 3. The van der Waals surface area contributed by atoms with Crippen molar-refractivity contribution in [2.45, 2.75) is 120 Å². The molecule has 7 atom stereocenters. The summed E-state index contributed by atoms with van der Waals surface area (Å²) in [5.41, 5.74) is -4.35. The van der Waals surface area contributed by atoms with Crippen molar-refractivity contribution in [3.63, 3.8) is 0 Å². The molecule has 0 unspecified atom stereocenters. The lowest BCUT2D eigenvalue weighted by Crippen LogP contribution is -2.66. The van der Waals surface area contributed by atoms with Gasteiger partial charge in [-0.1, -0.05) is 26.0 Å². The molecule has 4 aliphatic rings. The summed E-state index contributed by atoms with van der Waals surface area (Å²) in [5.74, 6) is -3.78. The number of pyridine rings is 1. The van der Waals surface area contributed by atoms with E-state index in [2.05, 4.69) is 15.0 Å². The average molecular weight is 852 g/mol. The predicted octanol–water partition coefficient (Wildman–Crippen LogP) is 5.18. The molecule has 2 saturated carbocycles. The Morgan fingerprint density at radius 1 is 1.08 bits per heavy atom. The van der Waals surface area contributed by atoms with Crippen LogP contribution in [-0.2, 0) is 24.4 Å². The summed E-state index contributed by atoms with van der Waals surface area (Å²) in [6, 6.07) is 3.10. The summed E-state index contributed by atoms with van der Waals surface area (Å²) >= 11 is 0. The maximum Gasteiger partial charge on any atom is 0.411 e. The second kappa shape index (κ2) is 15.7. The van der Waals surface area contributed by atoms with E-state index in [4.69, 9.17) is 14.2 Å². The molecule has 15 nitrogen and oxygen atoms in total. The first kappa shape index (κ1) is 43.8. The first-order valence-corrected chi connectivity index (χ1v) is 21.1. The molecule has 324 valence electrons. The number of halogens is 3. The molecule has 59 heavy (non-hydrogen) atoms. The highest BCUT2D eigenvalue weighted by Crippen LogP contribution is 2.48. The maximum absolute atomic E-state index is 15.0. The molecular formula is C40H52F3N5O10S. The third-order valence-corrected chi connectivity index (χ3v) is 14.6. The number of amides is 4. The van der Waals surface area contributed by atoms with Gasteiger partial charge in [-0.3, -0.25) is 24.0 Å². The van der Waals surface area contributed by atoms with Gasteiger partial charge < -0.3 is 29.5 Å². The molecule has 1 saturated heterocycles. The summed E-state index contributed by atoms with van der Waals surface area (Å²) in [5, 5.41) is 13.7. The van der Waals surface area contributed by atoms with Crippen molar-refractivity contribution in [3.8, 4) is 17.4 Å². The fourth-order valence-electron chi connectivity index (χ4n) is 8.25. The van der Waals surface area contributed by atoms with Crippen LogP contribution in [0.25, 0.3) is 10.9 Å². The third-order valence-electron chi connectivity index (χ3n) is 12.4. The third kappa shape index (κ3) is 8.35. The number of carboxylic acid groups (broad SMARTS) is 1. The van der Waals surface area contributed by atoms with Crippen LogP contribution in [0.5, 0.6) is 17.4 Å². The van der Waals surface area contributed by atoms with Crippen LogP contribution in [0.3, 0.4) is 0 Å². The lowest BCUT2D eigenvalue weighted by Gasteiger charge is -2.45. The largest absolute Gasteiger partial charge is 0.497 e. The Hall–Kier alpha value is -4.81. The molecule has 3 heterocycles. The molecule has 19 heteroatoms. The lowest BCUT2D eigenvalue weighted by molar-refractivity contribution is -0.222. The Labute approximate surface area is 341 Å². The van der Waals surface area contributed by atoms with E-state index >= 15 is 4.79 Å². The first-order valence-electron chi connectivity index (χ1n) is 19.6. The minimum Gasteiger partial charge on any atom is -0.497 e. The number of sulfonamides is 1. The van der Waals surface area contributed by atoms with Crippen molar-refractivity contribution in [3.05, 3.63) is 36.4 Å². The number of nitrogens with one attached hydrogen (secondary N) is 2. The van der Waals surface area contributed by atoms with Crippen molar-refractivity contribution in [2.24, 2.45) is 17.8 Å². The van der Waals surface area contributed by atoms with Crippen molar-refractivity contribution in [1.29, 1.82) is 0 Å². The van der Waals surface area contributed by atoms with Crippen LogP contribution in [0.4, 0.5) is 18.0 Å². The highest BCUT2D eigenvalue weighted by Gasteiger charge is 2.64. The number of ether oxygens (including phenoxy) is 3. The number of hydrogen-bond acceptors (Lipinski definition) is 10. The van der Waals surface area contributed by atoms with Crippen molar-refractivity contribution in [1.82, 2.24) is 24.8 Å². The highest BCUT2D eigenvalue weighted by molar-refractivity contribution is 7.91. The molecule has 1 aromatic heterocycles. The molecule has 3 N–H and O–H groups in total. The number of rotatable bonds is 9. The summed E-state index contributed by atoms with van der Waals surface area (Å²) in [7, 11) is -1.25. The zero-order chi connectivity index (χ0) is 43.5. The number of hydrogen-bond donors (Lipinski definition) is 3. The minimum atomic E-state index is -5.10. The minimum absolute atomic E-state index is 0.0436. The van der Waals surface area contributed by atoms with E-state index in [0.29, 0.717) is 56.2 Å². The van der Waals surface area contributed by atoms with Gasteiger partial charge in [-0.25, -0.2) is 18.2 Å². The lowest BCUT2D eigenvalue weighted by atomic mass is 9.85. The average Bonchev–Trinajstić information content (AvgIpc) is 4.03. The SMILES string of the molecule is COc1ccc2c(O[C@@H]3C[C@H]4C(=O)N[C@]5(C(=O)NS(=O)(=O)C6(C)CC6)C[C@H]5/C=C\CC[C@@H](C)C[C@@H](C)[C@H](N(C(=O)O)C(C)(C)C(F)(F)F)C(=O)N4C3)cc(OC)nc2c1. The summed E-state index contributed by atoms with van der Waals surface area (Å²) in [6.45, 7) is 5.89. The van der Waals surface area contributed by atoms with Crippen molar-refractivity contribution >= 4 is 44.7 Å². The zero-order valence-electron chi connectivity index (χ0n) is 34.1. The molecule has 2 aliphatic carbocycles. The van der Waals surface area contributed by atoms with Crippen LogP contribution < -0.4 is 24.2 Å². The van der Waals surface area contributed by atoms with Gasteiger partial charge >= 0.3 is 12.3 Å². The summed E-state index contributed by atoms with van der Waals surface area (Å²) < 4.78 is 88.8. The van der Waals surface area contributed by atoms with E-state index < -0.39 is 85.9 Å². The zero-order valence-corrected chi connectivity index (χ0v) is 34.9. The number of fused-ring (bicyclic) bond motifs is 3. The Morgan fingerprint density at radius 3 is 2.39 bits per heavy atom. The number of benzene rings is 1. The van der Waals surface area contributed by atoms with Gasteiger partial charge in [-0.15, -0.1) is 0 Å². The second-order valence-corrected chi connectivity index (χ2v) is 19.4. The van der Waals surface area contributed by atoms with Crippen LogP contribution in [0.15, 0.2) is 36.4 Å². The van der Waals surface area contributed by atoms with Gasteiger partial charge in [0.25, 0.3) is 5.91 Å². The van der Waals surface area contributed by atoms with Crippen LogP contribution in [0.1, 0.15) is 79.6 Å². The number of methoxy groups -OCH3 is 2. The van der Waals surface area contributed by atoms with Gasteiger partial charge in [0.2, 0.25) is 27.7 Å². The normalized spacial score (nSPS) is 29.2. The Bertz CT molecular complexity index is 2140. The van der Waals surface area contributed by atoms with Gasteiger partial charge in [-0.05, 0) is 83.3 Å². The van der Waals surface area contributed by atoms with E-state index in [0.717, 1.165) is 4.90 Å². The van der Waals surface area contributed by atoms with Gasteiger partial charge in [0.05, 0.1) is 31.0 Å². The van der Waals surface area contributed by atoms with E-state index in [1.807, 2.05) is 6.92 Å². The molecule has 0 spiro atoms. The monoisotopic (exact) mass is 851 g/mol. The second-order valence-electron chi connectivity index (χ2n) is 17.2. The molecule has 2 aromatic rings. The van der Waals surface area contributed by atoms with Gasteiger partial charge in [0.1, 0.15) is 40.8 Å². The molecule has 4 amide bonds. The van der Waals surface area contributed by atoms with Gasteiger partial charge in [-0.2, -0.15) is 13.2 Å². The first-order chi connectivity index (χ1) is 27.5. The number of carbonyl (C=O) groups is 4. The molecule has 1 aromatic carbocycles. The van der Waals surface area contributed by atoms with Gasteiger partial charge in [0.15, 0.2) is 0 Å².